The first-order valence-corrected chi connectivity index (χ1v) is 11.7. The molecule has 1 aliphatic carbocycles. The van der Waals surface area contributed by atoms with Gasteiger partial charge in [0, 0.05) is 0 Å². The summed E-state index contributed by atoms with van der Waals surface area (Å²) in [5.41, 5.74) is -0.565. The molecule has 3 rings (SSSR count). The Morgan fingerprint density at radius 3 is 2.00 bits per heavy atom. The van der Waals surface area contributed by atoms with Crippen LogP contribution in [-0.4, -0.2) is 40.6 Å². The quantitative estimate of drug-likeness (QED) is 0.715. The van der Waals surface area contributed by atoms with Crippen molar-refractivity contribution in [1.82, 2.24) is 0 Å². The van der Waals surface area contributed by atoms with Crippen LogP contribution in [0.2, 0.25) is 0 Å². The Morgan fingerprint density at radius 2 is 1.39 bits per heavy atom. The summed E-state index contributed by atoms with van der Waals surface area (Å²) in [5, 5.41) is 11.2. The van der Waals surface area contributed by atoms with Gasteiger partial charge in [-0.25, -0.2) is 0 Å². The molecule has 1 N–H and O–H groups in total. The first-order valence-electron chi connectivity index (χ1n) is 8.14. The molecule has 0 aromatic heterocycles. The van der Waals surface area contributed by atoms with Crippen molar-refractivity contribution in [3.05, 3.63) is 70.1 Å². The van der Waals surface area contributed by atoms with Gasteiger partial charge in [-0.15, -0.1) is 0 Å². The predicted molar refractivity (Wildman–Crippen MR) is 99.8 cm³/mol. The van der Waals surface area contributed by atoms with E-state index in [-0.39, 0.29) is 15.0 Å². The van der Waals surface area contributed by atoms with Crippen LogP contribution in [0.5, 0.6) is 0 Å². The van der Waals surface area contributed by atoms with Crippen molar-refractivity contribution in [1.29, 1.82) is 0 Å². The monoisotopic (exact) mass is 438 g/mol. The molecule has 0 radical (unpaired) electrons. The Bertz CT molecular complexity index is 631. The van der Waals surface area contributed by atoms with E-state index < -0.39 is 5.60 Å². The van der Waals surface area contributed by atoms with E-state index in [4.69, 9.17) is 0 Å². The maximum absolute atomic E-state index is 11.2. The zero-order valence-corrected chi connectivity index (χ0v) is 16.6. The van der Waals surface area contributed by atoms with Gasteiger partial charge >= 0.3 is 152 Å². The molecule has 1 fully saturated rings. The van der Waals surface area contributed by atoms with Gasteiger partial charge in [-0.05, 0) is 0 Å². The molecule has 0 heterocycles. The van der Waals surface area contributed by atoms with Crippen molar-refractivity contribution < 1.29 is 5.11 Å². The summed E-state index contributed by atoms with van der Waals surface area (Å²) in [6.45, 7) is 0. The van der Waals surface area contributed by atoms with Crippen molar-refractivity contribution >= 4 is 38.8 Å². The van der Waals surface area contributed by atoms with E-state index in [0.717, 1.165) is 25.7 Å². The molecule has 0 spiro atoms. The van der Waals surface area contributed by atoms with Gasteiger partial charge in [0.2, 0.25) is 0 Å². The minimum atomic E-state index is -0.565. The molecule has 2 aromatic carbocycles. The molecule has 3 heteroatoms. The van der Waals surface area contributed by atoms with Crippen LogP contribution in [0.4, 0.5) is 0 Å². The predicted octanol–water partition coefficient (Wildman–Crippen LogP) is 2.58. The van der Waals surface area contributed by atoms with E-state index in [1.54, 1.807) is 0 Å². The Kier molecular flexibility index (Phi) is 6.16. The van der Waals surface area contributed by atoms with Crippen LogP contribution in [0.3, 0.4) is 0 Å². The van der Waals surface area contributed by atoms with E-state index in [1.807, 2.05) is 0 Å². The minimum absolute atomic E-state index is 0.212. The molecule has 0 bridgehead atoms. The fourth-order valence-corrected chi connectivity index (χ4v) is 7.60. The second-order valence-electron chi connectivity index (χ2n) is 5.92. The molecule has 120 valence electrons. The molecule has 0 aliphatic heterocycles. The molecule has 0 saturated heterocycles. The van der Waals surface area contributed by atoms with Crippen molar-refractivity contribution in [2.75, 3.05) is 0 Å². The van der Waals surface area contributed by atoms with E-state index in [1.165, 1.54) is 19.8 Å². The third-order valence-electron chi connectivity index (χ3n) is 4.16. The summed E-state index contributed by atoms with van der Waals surface area (Å²) in [6.07, 6.45) is 5.42. The van der Waals surface area contributed by atoms with Gasteiger partial charge in [-0.3, -0.25) is 0 Å². The molecule has 2 aromatic rings. The first-order chi connectivity index (χ1) is 11.3. The molecule has 1 nitrogen and oxygen atoms in total. The number of rotatable bonds is 5. The molecule has 23 heavy (non-hydrogen) atoms. The third-order valence-corrected chi connectivity index (χ3v) is 9.37. The topological polar surface area (TPSA) is 20.2 Å². The average Bonchev–Trinajstić information content (AvgIpc) is 2.61. The van der Waals surface area contributed by atoms with Gasteiger partial charge in [0.1, 0.15) is 0 Å². The number of hydrogen-bond acceptors (Lipinski definition) is 1. The van der Waals surface area contributed by atoms with Crippen LogP contribution < -0.4 is 8.92 Å². The summed E-state index contributed by atoms with van der Waals surface area (Å²) in [4.78, 5) is 2.36. The van der Waals surface area contributed by atoms with Gasteiger partial charge in [0.25, 0.3) is 0 Å². The second-order valence-corrected chi connectivity index (χ2v) is 10.2. The number of benzene rings is 2. The van der Waals surface area contributed by atoms with Gasteiger partial charge in [-0.2, -0.15) is 0 Å². The Hall–Kier alpha value is -0.821. The molecular weight excluding hydrogens is 414 g/mol. The van der Waals surface area contributed by atoms with Crippen LogP contribution in [-0.2, 0) is 0 Å². The van der Waals surface area contributed by atoms with E-state index >= 15 is 0 Å². The molecular formula is C20H22OSe2. The first kappa shape index (κ1) is 17.0. The van der Waals surface area contributed by atoms with Crippen LogP contribution in [0.15, 0.2) is 70.1 Å². The van der Waals surface area contributed by atoms with Gasteiger partial charge < -0.3 is 0 Å². The van der Waals surface area contributed by atoms with E-state index in [2.05, 4.69) is 65.6 Å². The summed E-state index contributed by atoms with van der Waals surface area (Å²) in [5.74, 6) is 0. The number of hydrogen-bond donors (Lipinski definition) is 1. The SMILES string of the molecule is OC1(/C(=C/[Se]c2ccccc2)[Se]c2ccccc2)CCCCC1. The van der Waals surface area contributed by atoms with Crippen molar-refractivity contribution in [3.8, 4) is 0 Å². The third kappa shape index (κ3) is 4.83. The second kappa shape index (κ2) is 8.33. The van der Waals surface area contributed by atoms with Gasteiger partial charge in [0.05, 0.1) is 0 Å². The molecule has 1 saturated carbocycles. The fraction of sp³-hybridized carbons (Fsp3) is 0.300. The molecule has 0 amide bonds. The zero-order chi connectivity index (χ0) is 16.0. The van der Waals surface area contributed by atoms with Crippen LogP contribution in [0.1, 0.15) is 32.1 Å². The summed E-state index contributed by atoms with van der Waals surface area (Å²) in [7, 11) is 0. The molecule has 1 aliphatic rings. The average molecular weight is 436 g/mol. The normalized spacial score (nSPS) is 17.9. The van der Waals surface area contributed by atoms with E-state index in [9.17, 15) is 5.11 Å². The zero-order valence-electron chi connectivity index (χ0n) is 13.2. The molecule has 0 atom stereocenters. The van der Waals surface area contributed by atoms with Crippen molar-refractivity contribution in [2.45, 2.75) is 37.7 Å². The number of aliphatic hydroxyl groups is 1. The van der Waals surface area contributed by atoms with Crippen molar-refractivity contribution in [2.24, 2.45) is 0 Å². The fourth-order valence-electron chi connectivity index (χ4n) is 2.85. The van der Waals surface area contributed by atoms with E-state index in [0.29, 0.717) is 15.0 Å². The van der Waals surface area contributed by atoms with Crippen LogP contribution in [0.25, 0.3) is 0 Å². The molecule has 0 unspecified atom stereocenters. The van der Waals surface area contributed by atoms with Crippen LogP contribution >= 0.6 is 0 Å². The summed E-state index contributed by atoms with van der Waals surface area (Å²) < 4.78 is 4.02. The van der Waals surface area contributed by atoms with Crippen molar-refractivity contribution in [3.63, 3.8) is 0 Å². The Morgan fingerprint density at radius 1 is 0.826 bits per heavy atom. The van der Waals surface area contributed by atoms with Gasteiger partial charge in [-0.1, -0.05) is 0 Å². The summed E-state index contributed by atoms with van der Waals surface area (Å²) >= 11 is 0.504. The Labute approximate surface area is 151 Å². The summed E-state index contributed by atoms with van der Waals surface area (Å²) in [6, 6.07) is 21.3. The van der Waals surface area contributed by atoms with Gasteiger partial charge in [0.15, 0.2) is 0 Å². The maximum atomic E-state index is 11.2. The standard InChI is InChI=1S/C20H22OSe2/c21-20(14-8-3-9-15-20)19(23-18-12-6-2-7-13-18)16-22-17-10-4-1-5-11-17/h1-2,4-7,10-13,16,21H,3,8-9,14-15H2/b19-16-. The van der Waals surface area contributed by atoms with Crippen LogP contribution in [0, 0.1) is 0 Å². The Balaban J connectivity index is 1.83.